The van der Waals surface area contributed by atoms with E-state index in [1.165, 1.54) is 42.6 Å². The molecular formula is C19H22N2OS. The van der Waals surface area contributed by atoms with Gasteiger partial charge in [0.1, 0.15) is 4.88 Å². The molecule has 1 aromatic carbocycles. The quantitative estimate of drug-likeness (QED) is 0.614. The maximum atomic E-state index is 12.5. The summed E-state index contributed by atoms with van der Waals surface area (Å²) in [4.78, 5) is 13.2. The number of hydrogen-bond donors (Lipinski definition) is 1. The lowest BCUT2D eigenvalue weighted by molar-refractivity contribution is 0.0959. The first-order valence-corrected chi connectivity index (χ1v) is 9.12. The van der Waals surface area contributed by atoms with Crippen LogP contribution in [0.25, 0.3) is 11.1 Å². The van der Waals surface area contributed by atoms with Gasteiger partial charge >= 0.3 is 0 Å². The van der Waals surface area contributed by atoms with Crippen molar-refractivity contribution in [1.82, 2.24) is 5.43 Å². The van der Waals surface area contributed by atoms with E-state index in [0.29, 0.717) is 0 Å². The van der Waals surface area contributed by atoms with E-state index in [-0.39, 0.29) is 5.91 Å². The van der Waals surface area contributed by atoms with Gasteiger partial charge in [-0.15, -0.1) is 11.3 Å². The SMILES string of the molecule is Cc1ccc(-c2ccsc2C(=O)NN=C2CCCCCC2)cc1. The van der Waals surface area contributed by atoms with Crippen LogP contribution in [0.15, 0.2) is 40.8 Å². The molecular weight excluding hydrogens is 304 g/mol. The Labute approximate surface area is 141 Å². The second-order valence-corrected chi connectivity index (χ2v) is 6.98. The van der Waals surface area contributed by atoms with Crippen molar-refractivity contribution in [3.63, 3.8) is 0 Å². The fourth-order valence-corrected chi connectivity index (χ4v) is 3.68. The van der Waals surface area contributed by atoms with Crippen LogP contribution < -0.4 is 5.43 Å². The topological polar surface area (TPSA) is 41.5 Å². The molecule has 2 aromatic rings. The molecule has 0 bridgehead atoms. The molecule has 1 aromatic heterocycles. The van der Waals surface area contributed by atoms with Gasteiger partial charge in [0.05, 0.1) is 0 Å². The molecule has 0 atom stereocenters. The zero-order chi connectivity index (χ0) is 16.1. The minimum atomic E-state index is -0.104. The molecule has 1 N–H and O–H groups in total. The Kier molecular flexibility index (Phi) is 5.23. The molecule has 4 heteroatoms. The van der Waals surface area contributed by atoms with Gasteiger partial charge in [-0.2, -0.15) is 5.10 Å². The van der Waals surface area contributed by atoms with Crippen LogP contribution in [0.5, 0.6) is 0 Å². The molecule has 1 fully saturated rings. The number of benzene rings is 1. The Morgan fingerprint density at radius 3 is 2.43 bits per heavy atom. The summed E-state index contributed by atoms with van der Waals surface area (Å²) in [5.74, 6) is -0.104. The molecule has 1 heterocycles. The molecule has 0 unspecified atom stereocenters. The average molecular weight is 326 g/mol. The van der Waals surface area contributed by atoms with Crippen molar-refractivity contribution in [2.45, 2.75) is 45.4 Å². The van der Waals surface area contributed by atoms with Gasteiger partial charge in [0.25, 0.3) is 5.91 Å². The maximum absolute atomic E-state index is 12.5. The van der Waals surface area contributed by atoms with Crippen LogP contribution in [0.3, 0.4) is 0 Å². The fraction of sp³-hybridized carbons (Fsp3) is 0.368. The van der Waals surface area contributed by atoms with Crippen LogP contribution in [-0.2, 0) is 0 Å². The van der Waals surface area contributed by atoms with Crippen LogP contribution in [0.2, 0.25) is 0 Å². The normalized spacial score (nSPS) is 15.1. The molecule has 0 saturated heterocycles. The first-order valence-electron chi connectivity index (χ1n) is 8.24. The third-order valence-corrected chi connectivity index (χ3v) is 5.14. The zero-order valence-electron chi connectivity index (χ0n) is 13.5. The van der Waals surface area contributed by atoms with Crippen molar-refractivity contribution in [2.75, 3.05) is 0 Å². The van der Waals surface area contributed by atoms with Crippen molar-refractivity contribution in [3.05, 3.63) is 46.2 Å². The summed E-state index contributed by atoms with van der Waals surface area (Å²) in [6.45, 7) is 2.06. The summed E-state index contributed by atoms with van der Waals surface area (Å²) < 4.78 is 0. The second-order valence-electron chi connectivity index (χ2n) is 6.06. The van der Waals surface area contributed by atoms with Gasteiger partial charge in [-0.1, -0.05) is 42.7 Å². The maximum Gasteiger partial charge on any atom is 0.282 e. The number of amides is 1. The number of hydrogen-bond acceptors (Lipinski definition) is 3. The first kappa shape index (κ1) is 15.9. The van der Waals surface area contributed by atoms with Gasteiger partial charge in [0, 0.05) is 11.3 Å². The molecule has 0 radical (unpaired) electrons. The number of thiophene rings is 1. The fourth-order valence-electron chi connectivity index (χ4n) is 2.87. The number of nitrogens with zero attached hydrogens (tertiary/aromatic N) is 1. The van der Waals surface area contributed by atoms with E-state index in [2.05, 4.69) is 41.7 Å². The van der Waals surface area contributed by atoms with E-state index >= 15 is 0 Å². The number of carbonyl (C=O) groups excluding carboxylic acids is 1. The zero-order valence-corrected chi connectivity index (χ0v) is 14.3. The Balaban J connectivity index is 1.74. The minimum Gasteiger partial charge on any atom is -0.266 e. The van der Waals surface area contributed by atoms with Gasteiger partial charge in [-0.05, 0) is 49.6 Å². The molecule has 3 rings (SSSR count). The van der Waals surface area contributed by atoms with Crippen molar-refractivity contribution in [1.29, 1.82) is 0 Å². The van der Waals surface area contributed by atoms with Gasteiger partial charge < -0.3 is 0 Å². The molecule has 1 aliphatic rings. The number of aryl methyl sites for hydroxylation is 1. The molecule has 0 spiro atoms. The van der Waals surface area contributed by atoms with Crippen LogP contribution >= 0.6 is 11.3 Å². The van der Waals surface area contributed by atoms with E-state index in [1.807, 2.05) is 11.4 Å². The summed E-state index contributed by atoms with van der Waals surface area (Å²) in [6.07, 6.45) is 6.93. The summed E-state index contributed by atoms with van der Waals surface area (Å²) >= 11 is 1.47. The molecule has 0 aliphatic heterocycles. The third-order valence-electron chi connectivity index (χ3n) is 4.23. The highest BCUT2D eigenvalue weighted by Crippen LogP contribution is 2.28. The van der Waals surface area contributed by atoms with Crippen molar-refractivity contribution < 1.29 is 4.79 Å². The predicted octanol–water partition coefficient (Wildman–Crippen LogP) is 5.16. The average Bonchev–Trinajstić information content (AvgIpc) is 2.90. The Morgan fingerprint density at radius 2 is 1.74 bits per heavy atom. The van der Waals surface area contributed by atoms with Crippen molar-refractivity contribution >= 4 is 23.0 Å². The molecule has 1 amide bonds. The van der Waals surface area contributed by atoms with Crippen molar-refractivity contribution in [3.8, 4) is 11.1 Å². The number of hydrazone groups is 1. The summed E-state index contributed by atoms with van der Waals surface area (Å²) in [7, 11) is 0. The van der Waals surface area contributed by atoms with Crippen LogP contribution in [0, 0.1) is 6.92 Å². The summed E-state index contributed by atoms with van der Waals surface area (Å²) in [6, 6.07) is 10.3. The number of nitrogens with one attached hydrogen (secondary N) is 1. The van der Waals surface area contributed by atoms with Gasteiger partial charge in [0.2, 0.25) is 0 Å². The lowest BCUT2D eigenvalue weighted by Crippen LogP contribution is -2.19. The van der Waals surface area contributed by atoms with E-state index in [0.717, 1.165) is 34.6 Å². The van der Waals surface area contributed by atoms with Gasteiger partial charge in [-0.3, -0.25) is 4.79 Å². The molecule has 3 nitrogen and oxygen atoms in total. The number of carbonyl (C=O) groups is 1. The van der Waals surface area contributed by atoms with Gasteiger partial charge in [0.15, 0.2) is 0 Å². The molecule has 1 aliphatic carbocycles. The standard InChI is InChI=1S/C19H22N2OS/c1-14-8-10-15(11-9-14)17-12-13-23-18(17)19(22)21-20-16-6-4-2-3-5-7-16/h8-13H,2-7H2,1H3,(H,21,22). The third kappa shape index (κ3) is 4.08. The minimum absolute atomic E-state index is 0.104. The highest BCUT2D eigenvalue weighted by atomic mass is 32.1. The predicted molar refractivity (Wildman–Crippen MR) is 97.1 cm³/mol. The van der Waals surface area contributed by atoms with Crippen LogP contribution in [-0.4, -0.2) is 11.6 Å². The first-order chi connectivity index (χ1) is 11.2. The monoisotopic (exact) mass is 326 g/mol. The second kappa shape index (κ2) is 7.55. The lowest BCUT2D eigenvalue weighted by Gasteiger charge is -2.05. The smallest absolute Gasteiger partial charge is 0.266 e. The van der Waals surface area contributed by atoms with E-state index in [1.54, 1.807) is 0 Å². The Morgan fingerprint density at radius 1 is 1.04 bits per heavy atom. The van der Waals surface area contributed by atoms with Gasteiger partial charge in [-0.25, -0.2) is 5.43 Å². The molecule has 120 valence electrons. The van der Waals surface area contributed by atoms with Crippen LogP contribution in [0.1, 0.15) is 53.8 Å². The van der Waals surface area contributed by atoms with E-state index in [9.17, 15) is 4.79 Å². The lowest BCUT2D eigenvalue weighted by atomic mass is 10.1. The largest absolute Gasteiger partial charge is 0.282 e. The van der Waals surface area contributed by atoms with Crippen molar-refractivity contribution in [2.24, 2.45) is 5.10 Å². The molecule has 1 saturated carbocycles. The highest BCUT2D eigenvalue weighted by molar-refractivity contribution is 7.12. The van der Waals surface area contributed by atoms with E-state index < -0.39 is 0 Å². The molecule has 23 heavy (non-hydrogen) atoms. The Bertz CT molecular complexity index is 690. The summed E-state index contributed by atoms with van der Waals surface area (Å²) in [5.41, 5.74) is 7.16. The number of rotatable bonds is 3. The Hall–Kier alpha value is -1.94. The summed E-state index contributed by atoms with van der Waals surface area (Å²) in [5, 5.41) is 6.33. The van der Waals surface area contributed by atoms with Crippen LogP contribution in [0.4, 0.5) is 0 Å². The van der Waals surface area contributed by atoms with E-state index in [4.69, 9.17) is 0 Å². The highest BCUT2D eigenvalue weighted by Gasteiger charge is 2.15.